The number of hydrogen-bond acceptors (Lipinski definition) is 4. The predicted octanol–water partition coefficient (Wildman–Crippen LogP) is 4.71. The van der Waals surface area contributed by atoms with E-state index in [9.17, 15) is 0 Å². The topological polar surface area (TPSA) is 25.8 Å². The summed E-state index contributed by atoms with van der Waals surface area (Å²) < 4.78 is 0. The maximum absolute atomic E-state index is 5.89. The van der Waals surface area contributed by atoms with Crippen LogP contribution in [-0.4, -0.2) is 15.8 Å². The summed E-state index contributed by atoms with van der Waals surface area (Å²) in [5, 5.41) is 3.08. The molecule has 0 radical (unpaired) electrons. The Morgan fingerprint density at radius 2 is 2.16 bits per heavy atom. The second-order valence-corrected chi connectivity index (χ2v) is 6.36. The van der Waals surface area contributed by atoms with E-state index >= 15 is 0 Å². The normalized spacial score (nSPS) is 10.8. The van der Waals surface area contributed by atoms with Crippen molar-refractivity contribution in [3.8, 4) is 21.1 Å². The van der Waals surface area contributed by atoms with Crippen molar-refractivity contribution >= 4 is 34.3 Å². The van der Waals surface area contributed by atoms with Crippen molar-refractivity contribution in [1.29, 1.82) is 0 Å². The molecule has 0 saturated carbocycles. The second kappa shape index (κ2) is 5.82. The Morgan fingerprint density at radius 1 is 1.21 bits per heavy atom. The smallest absolute Gasteiger partial charge is 0.125 e. The van der Waals surface area contributed by atoms with E-state index in [-0.39, 0.29) is 0 Å². The molecule has 2 nitrogen and oxygen atoms in total. The average molecular weight is 307 g/mol. The van der Waals surface area contributed by atoms with Gasteiger partial charge in [0.05, 0.1) is 10.6 Å². The van der Waals surface area contributed by atoms with Crippen LogP contribution in [0.3, 0.4) is 0 Å². The van der Waals surface area contributed by atoms with E-state index in [1.165, 1.54) is 9.75 Å². The first-order chi connectivity index (χ1) is 9.38. The van der Waals surface area contributed by atoms with Gasteiger partial charge in [0.15, 0.2) is 0 Å². The van der Waals surface area contributed by atoms with Crippen molar-refractivity contribution in [2.75, 3.05) is 5.88 Å². The molecule has 0 amide bonds. The van der Waals surface area contributed by atoms with Gasteiger partial charge in [-0.3, -0.25) is 4.98 Å². The number of thiophene rings is 1. The van der Waals surface area contributed by atoms with Crippen LogP contribution < -0.4 is 0 Å². The molecule has 0 unspecified atom stereocenters. The number of halogens is 1. The van der Waals surface area contributed by atoms with Crippen molar-refractivity contribution in [2.24, 2.45) is 0 Å². The van der Waals surface area contributed by atoms with Gasteiger partial charge in [-0.2, -0.15) is 0 Å². The number of aromatic nitrogens is 2. The molecule has 96 valence electrons. The molecule has 0 aliphatic heterocycles. The molecule has 0 fully saturated rings. The lowest BCUT2D eigenvalue weighted by atomic mass is 10.2. The van der Waals surface area contributed by atoms with Gasteiger partial charge in [-0.05, 0) is 30.0 Å². The SMILES string of the molecule is ClCCc1sc(-c2cccnc2)nc1-c1cccs1. The van der Waals surface area contributed by atoms with Crippen LogP contribution >= 0.6 is 34.3 Å². The Labute approximate surface area is 124 Å². The van der Waals surface area contributed by atoms with Crippen LogP contribution in [0.25, 0.3) is 21.1 Å². The molecule has 0 N–H and O–H groups in total. The molecule has 0 aliphatic rings. The van der Waals surface area contributed by atoms with Crippen molar-refractivity contribution in [2.45, 2.75) is 6.42 Å². The highest BCUT2D eigenvalue weighted by Crippen LogP contribution is 2.35. The van der Waals surface area contributed by atoms with Gasteiger partial charge in [0.2, 0.25) is 0 Å². The lowest BCUT2D eigenvalue weighted by molar-refractivity contribution is 1.18. The number of thiazole rings is 1. The molecule has 3 rings (SSSR count). The highest BCUT2D eigenvalue weighted by Gasteiger charge is 2.14. The first kappa shape index (κ1) is 12.8. The summed E-state index contributed by atoms with van der Waals surface area (Å²) in [6.45, 7) is 0. The van der Waals surface area contributed by atoms with Crippen LogP contribution in [0.1, 0.15) is 4.88 Å². The molecule has 0 atom stereocenters. The zero-order valence-electron chi connectivity index (χ0n) is 10.0. The van der Waals surface area contributed by atoms with Crippen LogP contribution in [0, 0.1) is 0 Å². The van der Waals surface area contributed by atoms with Gasteiger partial charge in [0, 0.05) is 28.7 Å². The van der Waals surface area contributed by atoms with Gasteiger partial charge >= 0.3 is 0 Å². The van der Waals surface area contributed by atoms with Crippen molar-refractivity contribution < 1.29 is 0 Å². The van der Waals surface area contributed by atoms with Crippen molar-refractivity contribution in [3.05, 3.63) is 46.9 Å². The molecule has 3 aromatic rings. The molecule has 5 heteroatoms. The minimum atomic E-state index is 0.618. The third-order valence-electron chi connectivity index (χ3n) is 2.68. The zero-order valence-corrected chi connectivity index (χ0v) is 12.4. The molecule has 0 spiro atoms. The molecule has 19 heavy (non-hydrogen) atoms. The molecule has 0 saturated heterocycles. The fourth-order valence-corrected chi connectivity index (χ4v) is 4.00. The average Bonchev–Trinajstić information content (AvgIpc) is 3.09. The van der Waals surface area contributed by atoms with Crippen LogP contribution in [0.4, 0.5) is 0 Å². The number of nitrogens with zero attached hydrogens (tertiary/aromatic N) is 2. The fourth-order valence-electron chi connectivity index (χ4n) is 1.83. The zero-order chi connectivity index (χ0) is 13.1. The number of hydrogen-bond donors (Lipinski definition) is 0. The Morgan fingerprint density at radius 3 is 2.84 bits per heavy atom. The molecule has 0 bridgehead atoms. The summed E-state index contributed by atoms with van der Waals surface area (Å²) in [6.07, 6.45) is 4.48. The maximum Gasteiger partial charge on any atom is 0.125 e. The molecule has 3 aromatic heterocycles. The molecule has 0 aliphatic carbocycles. The predicted molar refractivity (Wildman–Crippen MR) is 83.1 cm³/mol. The van der Waals surface area contributed by atoms with Crippen molar-refractivity contribution in [1.82, 2.24) is 9.97 Å². The fraction of sp³-hybridized carbons (Fsp3) is 0.143. The van der Waals surface area contributed by atoms with Crippen molar-refractivity contribution in [3.63, 3.8) is 0 Å². The van der Waals surface area contributed by atoms with E-state index in [4.69, 9.17) is 16.6 Å². The number of alkyl halides is 1. The molecule has 0 aromatic carbocycles. The maximum atomic E-state index is 5.89. The second-order valence-electron chi connectivity index (χ2n) is 3.95. The van der Waals surface area contributed by atoms with Gasteiger partial charge in [0.1, 0.15) is 5.01 Å². The first-order valence-corrected chi connectivity index (χ1v) is 8.11. The van der Waals surface area contributed by atoms with Gasteiger partial charge in [-0.25, -0.2) is 4.98 Å². The Bertz CT molecular complexity index is 647. The largest absolute Gasteiger partial charge is 0.264 e. The molecular weight excluding hydrogens is 296 g/mol. The monoisotopic (exact) mass is 306 g/mol. The van der Waals surface area contributed by atoms with Crippen LogP contribution in [0.5, 0.6) is 0 Å². The summed E-state index contributed by atoms with van der Waals surface area (Å²) in [4.78, 5) is 11.4. The number of rotatable bonds is 4. The Kier molecular flexibility index (Phi) is 3.92. The van der Waals surface area contributed by atoms with E-state index in [0.717, 1.165) is 22.7 Å². The minimum Gasteiger partial charge on any atom is -0.264 e. The lowest BCUT2D eigenvalue weighted by Crippen LogP contribution is -1.84. The highest BCUT2D eigenvalue weighted by molar-refractivity contribution is 7.17. The lowest BCUT2D eigenvalue weighted by Gasteiger charge is -1.95. The highest BCUT2D eigenvalue weighted by atomic mass is 35.5. The van der Waals surface area contributed by atoms with Gasteiger partial charge in [0.25, 0.3) is 0 Å². The standard InChI is InChI=1S/C14H11ClN2S2/c15-6-5-12-13(11-4-2-8-18-11)17-14(19-12)10-3-1-7-16-9-10/h1-4,7-9H,5-6H2. The molecule has 3 heterocycles. The van der Waals surface area contributed by atoms with Gasteiger partial charge in [-0.1, -0.05) is 6.07 Å². The summed E-state index contributed by atoms with van der Waals surface area (Å²) in [5.74, 6) is 0.618. The van der Waals surface area contributed by atoms with E-state index < -0.39 is 0 Å². The van der Waals surface area contributed by atoms with E-state index in [1.807, 2.05) is 24.4 Å². The summed E-state index contributed by atoms with van der Waals surface area (Å²) >= 11 is 9.31. The number of pyridine rings is 1. The third kappa shape index (κ3) is 2.71. The van der Waals surface area contributed by atoms with Gasteiger partial charge in [-0.15, -0.1) is 34.3 Å². The quantitative estimate of drug-likeness (QED) is 0.652. The summed E-state index contributed by atoms with van der Waals surface area (Å²) in [5.41, 5.74) is 2.13. The summed E-state index contributed by atoms with van der Waals surface area (Å²) in [6, 6.07) is 8.12. The third-order valence-corrected chi connectivity index (χ3v) is 4.91. The van der Waals surface area contributed by atoms with Crippen LogP contribution in [0.15, 0.2) is 42.0 Å². The first-order valence-electron chi connectivity index (χ1n) is 5.88. The van der Waals surface area contributed by atoms with E-state index in [0.29, 0.717) is 5.88 Å². The molecular formula is C14H11ClN2S2. The van der Waals surface area contributed by atoms with E-state index in [1.54, 1.807) is 28.9 Å². The van der Waals surface area contributed by atoms with Crippen LogP contribution in [0.2, 0.25) is 0 Å². The number of aryl methyl sites for hydroxylation is 1. The van der Waals surface area contributed by atoms with Crippen LogP contribution in [-0.2, 0) is 6.42 Å². The van der Waals surface area contributed by atoms with Gasteiger partial charge < -0.3 is 0 Å². The Balaban J connectivity index is 2.07. The van der Waals surface area contributed by atoms with E-state index in [2.05, 4.69) is 16.4 Å². The minimum absolute atomic E-state index is 0.618. The summed E-state index contributed by atoms with van der Waals surface area (Å²) in [7, 11) is 0. The Hall–Kier alpha value is -1.23.